The van der Waals surface area contributed by atoms with Crippen LogP contribution in [0.1, 0.15) is 43.7 Å². The second-order valence-corrected chi connectivity index (χ2v) is 8.41. The van der Waals surface area contributed by atoms with Crippen molar-refractivity contribution >= 4 is 17.0 Å². The van der Waals surface area contributed by atoms with E-state index in [1.54, 1.807) is 0 Å². The number of piperazine rings is 1. The van der Waals surface area contributed by atoms with Crippen molar-refractivity contribution in [2.24, 2.45) is 0 Å². The lowest BCUT2D eigenvalue weighted by Gasteiger charge is -2.34. The number of hydrogen-bond donors (Lipinski definition) is 0. The van der Waals surface area contributed by atoms with Gasteiger partial charge in [-0.1, -0.05) is 43.2 Å². The van der Waals surface area contributed by atoms with Crippen LogP contribution in [-0.4, -0.2) is 57.4 Å². The normalized spacial score (nSPS) is 18.7. The summed E-state index contributed by atoms with van der Waals surface area (Å²) in [6, 6.07) is 11.3. The molecule has 0 bridgehead atoms. The summed E-state index contributed by atoms with van der Waals surface area (Å²) in [6.45, 7) is 5.29. The van der Waals surface area contributed by atoms with Crippen LogP contribution in [0.2, 0.25) is 0 Å². The van der Waals surface area contributed by atoms with Gasteiger partial charge < -0.3 is 4.90 Å². The van der Waals surface area contributed by atoms with Gasteiger partial charge in [0.15, 0.2) is 5.65 Å². The van der Waals surface area contributed by atoms with Crippen molar-refractivity contribution in [1.29, 1.82) is 0 Å². The summed E-state index contributed by atoms with van der Waals surface area (Å²) in [7, 11) is 0. The van der Waals surface area contributed by atoms with Gasteiger partial charge >= 0.3 is 0 Å². The minimum absolute atomic E-state index is 0.548. The molecule has 2 aromatic heterocycles. The number of rotatable bonds is 6. The van der Waals surface area contributed by atoms with Gasteiger partial charge in [0.25, 0.3) is 0 Å². The average molecular weight is 391 g/mol. The van der Waals surface area contributed by atoms with Crippen LogP contribution < -0.4 is 4.90 Å². The Labute approximate surface area is 172 Å². The maximum Gasteiger partial charge on any atom is 0.227 e. The Hall–Kier alpha value is -2.47. The highest BCUT2D eigenvalue weighted by atomic mass is 15.3. The van der Waals surface area contributed by atoms with E-state index in [9.17, 15) is 0 Å². The molecule has 0 atom stereocenters. The first kappa shape index (κ1) is 18.6. The van der Waals surface area contributed by atoms with E-state index < -0.39 is 0 Å². The third-order valence-electron chi connectivity index (χ3n) is 6.40. The molecule has 3 heterocycles. The lowest BCUT2D eigenvalue weighted by molar-refractivity contribution is 0.254. The minimum Gasteiger partial charge on any atom is -0.338 e. The molecule has 1 aromatic carbocycles. The van der Waals surface area contributed by atoms with E-state index in [0.29, 0.717) is 6.04 Å². The van der Waals surface area contributed by atoms with Gasteiger partial charge in [0.2, 0.25) is 5.95 Å². The number of fused-ring (bicyclic) bond motifs is 1. The molecule has 0 N–H and O–H groups in total. The highest BCUT2D eigenvalue weighted by molar-refractivity contribution is 5.74. The summed E-state index contributed by atoms with van der Waals surface area (Å²) < 4.78 is 2.13. The molecule has 1 aliphatic carbocycles. The second-order valence-electron chi connectivity index (χ2n) is 8.41. The molecule has 1 saturated carbocycles. The Morgan fingerprint density at radius 2 is 1.76 bits per heavy atom. The van der Waals surface area contributed by atoms with Gasteiger partial charge in [-0.2, -0.15) is 10.1 Å². The second kappa shape index (κ2) is 8.49. The molecule has 0 radical (unpaired) electrons. The van der Waals surface area contributed by atoms with Gasteiger partial charge in [0.1, 0.15) is 0 Å². The predicted octanol–water partition coefficient (Wildman–Crippen LogP) is 3.70. The van der Waals surface area contributed by atoms with Gasteiger partial charge in [0.05, 0.1) is 11.4 Å². The van der Waals surface area contributed by atoms with Crippen LogP contribution >= 0.6 is 0 Å². The fourth-order valence-electron chi connectivity index (χ4n) is 4.66. The smallest absolute Gasteiger partial charge is 0.227 e. The molecule has 0 amide bonds. The number of hydrogen-bond acceptors (Lipinski definition) is 5. The first-order valence-electron chi connectivity index (χ1n) is 11.1. The first-order valence-corrected chi connectivity index (χ1v) is 11.1. The Balaban J connectivity index is 1.15. The van der Waals surface area contributed by atoms with Crippen molar-refractivity contribution < 1.29 is 0 Å². The Kier molecular flexibility index (Phi) is 5.43. The zero-order chi connectivity index (χ0) is 19.5. The molecular formula is C23H30N6. The average Bonchev–Trinajstić information content (AvgIpc) is 3.44. The molecule has 0 spiro atoms. The molecule has 0 unspecified atom stereocenters. The Bertz CT molecular complexity index is 923. The minimum atomic E-state index is 0.548. The van der Waals surface area contributed by atoms with Crippen LogP contribution in [-0.2, 0) is 6.42 Å². The molecule has 2 fully saturated rings. The number of anilines is 1. The van der Waals surface area contributed by atoms with Crippen LogP contribution in [0.5, 0.6) is 0 Å². The molecule has 5 rings (SSSR count). The molecule has 152 valence electrons. The number of aryl methyl sites for hydroxylation is 1. The zero-order valence-corrected chi connectivity index (χ0v) is 17.1. The molecule has 1 aliphatic heterocycles. The standard InChI is InChI=1S/C23H30N6/c1-2-7-19(8-3-1)9-6-12-27-13-15-28(16-14-27)23-24-17-20-18-29(26-22(20)25-23)21-10-4-5-11-21/h1-3,7-8,17-18,21H,4-6,9-16H2. The SMILES string of the molecule is c1ccc(CCCN2CCN(c3ncc4cn(C5CCCC5)nc4n3)CC2)cc1. The first-order chi connectivity index (χ1) is 14.3. The van der Waals surface area contributed by atoms with Crippen molar-refractivity contribution in [2.45, 2.75) is 44.6 Å². The summed E-state index contributed by atoms with van der Waals surface area (Å²) >= 11 is 0. The molecule has 6 nitrogen and oxygen atoms in total. The maximum absolute atomic E-state index is 4.78. The lowest BCUT2D eigenvalue weighted by Crippen LogP contribution is -2.47. The number of nitrogens with zero attached hydrogens (tertiary/aromatic N) is 6. The molecule has 2 aliphatic rings. The van der Waals surface area contributed by atoms with Gasteiger partial charge in [0, 0.05) is 38.6 Å². The highest BCUT2D eigenvalue weighted by Crippen LogP contribution is 2.30. The largest absolute Gasteiger partial charge is 0.338 e. The summed E-state index contributed by atoms with van der Waals surface area (Å²) in [5.74, 6) is 0.832. The Morgan fingerprint density at radius 1 is 0.966 bits per heavy atom. The number of benzene rings is 1. The summed E-state index contributed by atoms with van der Waals surface area (Å²) in [6.07, 6.45) is 11.5. The monoisotopic (exact) mass is 390 g/mol. The van der Waals surface area contributed by atoms with Crippen molar-refractivity contribution in [2.75, 3.05) is 37.6 Å². The highest BCUT2D eigenvalue weighted by Gasteiger charge is 2.21. The van der Waals surface area contributed by atoms with Crippen LogP contribution in [0, 0.1) is 0 Å². The topological polar surface area (TPSA) is 50.1 Å². The van der Waals surface area contributed by atoms with Gasteiger partial charge in [-0.3, -0.25) is 9.58 Å². The molecular weight excluding hydrogens is 360 g/mol. The summed E-state index contributed by atoms with van der Waals surface area (Å²) in [4.78, 5) is 14.3. The van der Waals surface area contributed by atoms with Crippen LogP contribution in [0.15, 0.2) is 42.7 Å². The summed E-state index contributed by atoms with van der Waals surface area (Å²) in [5.41, 5.74) is 2.28. The molecule has 29 heavy (non-hydrogen) atoms. The van der Waals surface area contributed by atoms with E-state index in [1.807, 2.05) is 6.20 Å². The van der Waals surface area contributed by atoms with Crippen molar-refractivity contribution in [3.63, 3.8) is 0 Å². The van der Waals surface area contributed by atoms with Gasteiger partial charge in [-0.05, 0) is 37.8 Å². The Morgan fingerprint density at radius 3 is 2.55 bits per heavy atom. The van der Waals surface area contributed by atoms with Crippen LogP contribution in [0.25, 0.3) is 11.0 Å². The zero-order valence-electron chi connectivity index (χ0n) is 17.1. The van der Waals surface area contributed by atoms with E-state index in [-0.39, 0.29) is 0 Å². The fraction of sp³-hybridized carbons (Fsp3) is 0.522. The molecule has 3 aromatic rings. The molecule has 1 saturated heterocycles. The third-order valence-corrected chi connectivity index (χ3v) is 6.40. The fourth-order valence-corrected chi connectivity index (χ4v) is 4.66. The van der Waals surface area contributed by atoms with E-state index >= 15 is 0 Å². The quantitative estimate of drug-likeness (QED) is 0.642. The van der Waals surface area contributed by atoms with E-state index in [4.69, 9.17) is 10.1 Å². The van der Waals surface area contributed by atoms with E-state index in [1.165, 1.54) is 37.7 Å². The van der Waals surface area contributed by atoms with E-state index in [2.05, 4.69) is 56.0 Å². The van der Waals surface area contributed by atoms with E-state index in [0.717, 1.165) is 56.1 Å². The number of aromatic nitrogens is 4. The van der Waals surface area contributed by atoms with Crippen molar-refractivity contribution in [3.8, 4) is 0 Å². The van der Waals surface area contributed by atoms with Crippen LogP contribution in [0.4, 0.5) is 5.95 Å². The van der Waals surface area contributed by atoms with Gasteiger partial charge in [-0.15, -0.1) is 0 Å². The maximum atomic E-state index is 4.78. The summed E-state index contributed by atoms with van der Waals surface area (Å²) in [5, 5.41) is 5.82. The lowest BCUT2D eigenvalue weighted by atomic mass is 10.1. The van der Waals surface area contributed by atoms with Gasteiger partial charge in [-0.25, -0.2) is 4.98 Å². The molecule has 6 heteroatoms. The third kappa shape index (κ3) is 4.27. The predicted molar refractivity (Wildman–Crippen MR) is 116 cm³/mol. The van der Waals surface area contributed by atoms with Crippen LogP contribution in [0.3, 0.4) is 0 Å². The van der Waals surface area contributed by atoms with Crippen molar-refractivity contribution in [3.05, 3.63) is 48.3 Å². The van der Waals surface area contributed by atoms with Crippen molar-refractivity contribution in [1.82, 2.24) is 24.6 Å².